The molecule has 3 aromatic rings. The first-order valence-electron chi connectivity index (χ1n) is 7.65. The van der Waals surface area contributed by atoms with E-state index in [-0.39, 0.29) is 6.10 Å². The third kappa shape index (κ3) is 3.83. The summed E-state index contributed by atoms with van der Waals surface area (Å²) in [5.74, 6) is 1.41. The minimum absolute atomic E-state index is 0.0759. The van der Waals surface area contributed by atoms with Gasteiger partial charge in [0.25, 0.3) is 0 Å². The summed E-state index contributed by atoms with van der Waals surface area (Å²) >= 11 is 1.57. The molecule has 0 bridgehead atoms. The molecule has 0 aliphatic rings. The van der Waals surface area contributed by atoms with Crippen molar-refractivity contribution in [1.82, 2.24) is 4.98 Å². The van der Waals surface area contributed by atoms with E-state index in [1.54, 1.807) is 24.7 Å². The van der Waals surface area contributed by atoms with E-state index in [0.717, 1.165) is 20.9 Å². The molecule has 0 aliphatic heterocycles. The zero-order valence-corrected chi connectivity index (χ0v) is 14.6. The second-order valence-electron chi connectivity index (χ2n) is 5.43. The van der Waals surface area contributed by atoms with Gasteiger partial charge in [0.1, 0.15) is 0 Å². The number of methoxy groups -OCH3 is 1. The van der Waals surface area contributed by atoms with E-state index in [0.29, 0.717) is 11.5 Å². The Morgan fingerprint density at radius 3 is 2.75 bits per heavy atom. The second kappa shape index (κ2) is 7.31. The number of hydrazone groups is 1. The number of nitrogens with one attached hydrogen (secondary N) is 1. The molecular weight excluding hydrogens is 322 g/mol. The van der Waals surface area contributed by atoms with Gasteiger partial charge in [-0.2, -0.15) is 5.10 Å². The zero-order chi connectivity index (χ0) is 16.9. The van der Waals surface area contributed by atoms with Crippen LogP contribution in [0.5, 0.6) is 11.5 Å². The Kier molecular flexibility index (Phi) is 4.96. The third-order valence-corrected chi connectivity index (χ3v) is 4.16. The first-order chi connectivity index (χ1) is 11.7. The van der Waals surface area contributed by atoms with E-state index in [2.05, 4.69) is 15.5 Å². The fourth-order valence-electron chi connectivity index (χ4n) is 2.20. The van der Waals surface area contributed by atoms with Gasteiger partial charge in [-0.1, -0.05) is 23.5 Å². The van der Waals surface area contributed by atoms with Gasteiger partial charge in [0, 0.05) is 0 Å². The van der Waals surface area contributed by atoms with Gasteiger partial charge >= 0.3 is 0 Å². The largest absolute Gasteiger partial charge is 0.493 e. The average molecular weight is 341 g/mol. The number of hydrogen-bond donors (Lipinski definition) is 1. The molecule has 2 aromatic carbocycles. The molecule has 1 heterocycles. The number of fused-ring (bicyclic) bond motifs is 1. The lowest BCUT2D eigenvalue weighted by molar-refractivity contribution is 0.230. The molecule has 0 amide bonds. The minimum atomic E-state index is 0.0759. The molecule has 0 saturated carbocycles. The van der Waals surface area contributed by atoms with Crippen LogP contribution in [-0.4, -0.2) is 24.4 Å². The maximum atomic E-state index is 5.76. The normalized spacial score (nSPS) is 11.3. The number of benzene rings is 2. The van der Waals surface area contributed by atoms with Gasteiger partial charge in [0.15, 0.2) is 11.5 Å². The number of aromatic nitrogens is 1. The van der Waals surface area contributed by atoms with Gasteiger partial charge in [-0.05, 0) is 49.7 Å². The van der Waals surface area contributed by atoms with Crippen molar-refractivity contribution in [2.24, 2.45) is 5.10 Å². The van der Waals surface area contributed by atoms with Crippen molar-refractivity contribution in [2.45, 2.75) is 20.0 Å². The van der Waals surface area contributed by atoms with Crippen LogP contribution in [0.2, 0.25) is 0 Å². The highest BCUT2D eigenvalue weighted by Gasteiger charge is 2.07. The van der Waals surface area contributed by atoms with Crippen LogP contribution in [0, 0.1) is 0 Å². The van der Waals surface area contributed by atoms with Crippen LogP contribution in [0.1, 0.15) is 19.4 Å². The monoisotopic (exact) mass is 341 g/mol. The predicted octanol–water partition coefficient (Wildman–Crippen LogP) is 4.54. The number of hydrogen-bond acceptors (Lipinski definition) is 6. The molecule has 0 spiro atoms. The van der Waals surface area contributed by atoms with Gasteiger partial charge in [0.05, 0.1) is 29.6 Å². The minimum Gasteiger partial charge on any atom is -0.493 e. The molecule has 1 N–H and O–H groups in total. The van der Waals surface area contributed by atoms with Crippen LogP contribution in [0.15, 0.2) is 47.6 Å². The zero-order valence-electron chi connectivity index (χ0n) is 13.8. The number of ether oxygens (including phenoxy) is 2. The second-order valence-corrected chi connectivity index (χ2v) is 6.46. The van der Waals surface area contributed by atoms with Crippen LogP contribution in [0.4, 0.5) is 5.13 Å². The summed E-state index contributed by atoms with van der Waals surface area (Å²) in [4.78, 5) is 4.48. The number of para-hydroxylation sites is 1. The summed E-state index contributed by atoms with van der Waals surface area (Å²) < 4.78 is 12.2. The highest BCUT2D eigenvalue weighted by Crippen LogP contribution is 2.29. The highest BCUT2D eigenvalue weighted by atomic mass is 32.1. The van der Waals surface area contributed by atoms with Crippen molar-refractivity contribution in [3.05, 3.63) is 48.0 Å². The molecule has 0 radical (unpaired) electrons. The third-order valence-electron chi connectivity index (χ3n) is 3.22. The van der Waals surface area contributed by atoms with E-state index in [1.165, 1.54) is 0 Å². The number of anilines is 1. The number of rotatable bonds is 6. The maximum absolute atomic E-state index is 5.76. The summed E-state index contributed by atoms with van der Waals surface area (Å²) in [5.41, 5.74) is 4.86. The topological polar surface area (TPSA) is 55.7 Å². The summed E-state index contributed by atoms with van der Waals surface area (Å²) in [6.45, 7) is 3.96. The van der Waals surface area contributed by atoms with Crippen molar-refractivity contribution in [3.63, 3.8) is 0 Å². The van der Waals surface area contributed by atoms with E-state index in [1.807, 2.05) is 56.3 Å². The lowest BCUT2D eigenvalue weighted by Gasteiger charge is -2.13. The number of thiazole rings is 1. The lowest BCUT2D eigenvalue weighted by Crippen LogP contribution is -2.07. The molecular formula is C18H19N3O2S. The van der Waals surface area contributed by atoms with Crippen LogP contribution < -0.4 is 14.9 Å². The predicted molar refractivity (Wildman–Crippen MR) is 99.6 cm³/mol. The average Bonchev–Trinajstić information content (AvgIpc) is 2.97. The summed E-state index contributed by atoms with van der Waals surface area (Å²) in [7, 11) is 1.63. The smallest absolute Gasteiger partial charge is 0.204 e. The standard InChI is InChI=1S/C18H19N3O2S/c1-12(2)23-16-10-13(8-9-15(16)22-3)11-19-21-18-20-14-6-4-5-7-17(14)24-18/h4-12H,1-3H3,(H,20,21)/b19-11-. The Hall–Kier alpha value is -2.60. The lowest BCUT2D eigenvalue weighted by atomic mass is 10.2. The molecule has 0 fully saturated rings. The summed E-state index contributed by atoms with van der Waals surface area (Å²) in [5, 5.41) is 5.02. The van der Waals surface area contributed by atoms with Crippen molar-refractivity contribution >= 4 is 32.9 Å². The van der Waals surface area contributed by atoms with E-state index in [4.69, 9.17) is 9.47 Å². The molecule has 1 aromatic heterocycles. The van der Waals surface area contributed by atoms with Gasteiger partial charge in [-0.25, -0.2) is 4.98 Å². The van der Waals surface area contributed by atoms with Crippen molar-refractivity contribution in [3.8, 4) is 11.5 Å². The van der Waals surface area contributed by atoms with Crippen molar-refractivity contribution in [2.75, 3.05) is 12.5 Å². The molecule has 0 saturated heterocycles. The van der Waals surface area contributed by atoms with E-state index in [9.17, 15) is 0 Å². The molecule has 0 unspecified atom stereocenters. The first kappa shape index (κ1) is 16.3. The Balaban J connectivity index is 1.73. The van der Waals surface area contributed by atoms with Gasteiger partial charge in [-0.3, -0.25) is 5.43 Å². The Morgan fingerprint density at radius 2 is 2.00 bits per heavy atom. The van der Waals surface area contributed by atoms with E-state index < -0.39 is 0 Å². The maximum Gasteiger partial charge on any atom is 0.204 e. The SMILES string of the molecule is COc1ccc(/C=N\Nc2nc3ccccc3s2)cc1OC(C)C. The Labute approximate surface area is 144 Å². The molecule has 0 aliphatic carbocycles. The molecule has 3 rings (SSSR count). The van der Waals surface area contributed by atoms with Gasteiger partial charge in [0.2, 0.25) is 5.13 Å². The van der Waals surface area contributed by atoms with Crippen molar-refractivity contribution in [1.29, 1.82) is 0 Å². The highest BCUT2D eigenvalue weighted by molar-refractivity contribution is 7.22. The molecule has 124 valence electrons. The molecule has 0 atom stereocenters. The molecule has 24 heavy (non-hydrogen) atoms. The van der Waals surface area contributed by atoms with E-state index >= 15 is 0 Å². The molecule has 5 nitrogen and oxygen atoms in total. The Morgan fingerprint density at radius 1 is 1.17 bits per heavy atom. The van der Waals surface area contributed by atoms with Gasteiger partial charge in [-0.15, -0.1) is 0 Å². The first-order valence-corrected chi connectivity index (χ1v) is 8.46. The fourth-order valence-corrected chi connectivity index (χ4v) is 3.02. The van der Waals surface area contributed by atoms with Crippen LogP contribution in [-0.2, 0) is 0 Å². The summed E-state index contributed by atoms with van der Waals surface area (Å²) in [6, 6.07) is 13.7. The van der Waals surface area contributed by atoms with Gasteiger partial charge < -0.3 is 9.47 Å². The molecule has 6 heteroatoms. The summed E-state index contributed by atoms with van der Waals surface area (Å²) in [6.07, 6.45) is 1.81. The van der Waals surface area contributed by atoms with Crippen molar-refractivity contribution < 1.29 is 9.47 Å². The van der Waals surface area contributed by atoms with Crippen LogP contribution in [0.3, 0.4) is 0 Å². The van der Waals surface area contributed by atoms with Crippen LogP contribution >= 0.6 is 11.3 Å². The van der Waals surface area contributed by atoms with Crippen LogP contribution in [0.25, 0.3) is 10.2 Å². The quantitative estimate of drug-likeness (QED) is 0.528. The number of nitrogens with zero attached hydrogens (tertiary/aromatic N) is 2. The Bertz CT molecular complexity index is 825. The fraction of sp³-hybridized carbons (Fsp3) is 0.222.